The highest BCUT2D eigenvalue weighted by Crippen LogP contribution is 2.37. The van der Waals surface area contributed by atoms with Gasteiger partial charge in [-0.25, -0.2) is 0 Å². The van der Waals surface area contributed by atoms with Crippen LogP contribution in [-0.4, -0.2) is 21.2 Å². The van der Waals surface area contributed by atoms with Crippen LogP contribution in [0.15, 0.2) is 54.7 Å². The van der Waals surface area contributed by atoms with Gasteiger partial charge in [-0.15, -0.1) is 0 Å². The van der Waals surface area contributed by atoms with E-state index in [2.05, 4.69) is 47.8 Å². The fraction of sp³-hybridized carbons (Fsp3) is 0.0588. The maximum absolute atomic E-state index is 12.6. The first-order valence-electron chi connectivity index (χ1n) is 7.03. The van der Waals surface area contributed by atoms with Gasteiger partial charge in [0.05, 0.1) is 20.4 Å². The number of rotatable bonds is 3. The van der Waals surface area contributed by atoms with Crippen molar-refractivity contribution in [3.63, 3.8) is 0 Å². The molecular formula is C17H10Br3NO3S. The van der Waals surface area contributed by atoms with Crippen molar-refractivity contribution < 1.29 is 14.7 Å². The number of phenols is 1. The molecule has 1 fully saturated rings. The van der Waals surface area contributed by atoms with E-state index in [0.717, 1.165) is 21.8 Å². The van der Waals surface area contributed by atoms with Crippen molar-refractivity contribution in [2.24, 2.45) is 0 Å². The lowest BCUT2D eigenvalue weighted by Crippen LogP contribution is -2.27. The molecule has 2 aromatic carbocycles. The minimum absolute atomic E-state index is 0.0838. The quantitative estimate of drug-likeness (QED) is 0.485. The van der Waals surface area contributed by atoms with Gasteiger partial charge in [0.1, 0.15) is 5.75 Å². The van der Waals surface area contributed by atoms with Crippen molar-refractivity contribution in [2.45, 2.75) is 6.54 Å². The Labute approximate surface area is 173 Å². The summed E-state index contributed by atoms with van der Waals surface area (Å²) in [6.45, 7) is 0.234. The maximum atomic E-state index is 12.6. The number of aromatic hydroxyl groups is 1. The Bertz CT molecular complexity index is 874. The molecular weight excluding hydrogens is 538 g/mol. The largest absolute Gasteiger partial charge is 0.506 e. The van der Waals surface area contributed by atoms with E-state index in [4.69, 9.17) is 0 Å². The molecule has 1 N–H and O–H groups in total. The van der Waals surface area contributed by atoms with Crippen LogP contribution >= 0.6 is 59.6 Å². The SMILES string of the molecule is O=C1S/C(=C\c2cc(Br)c(O)c(Br)c2)C(=O)N1Cc1ccc(Br)cc1. The third-order valence-corrected chi connectivity index (χ3v) is 6.11. The molecule has 1 aliphatic heterocycles. The molecule has 0 spiro atoms. The molecule has 0 aromatic heterocycles. The van der Waals surface area contributed by atoms with E-state index < -0.39 is 0 Å². The van der Waals surface area contributed by atoms with Gasteiger partial charge in [0.2, 0.25) is 0 Å². The van der Waals surface area contributed by atoms with Gasteiger partial charge in [0, 0.05) is 4.47 Å². The highest BCUT2D eigenvalue weighted by atomic mass is 79.9. The topological polar surface area (TPSA) is 57.6 Å². The van der Waals surface area contributed by atoms with E-state index in [-0.39, 0.29) is 23.4 Å². The lowest BCUT2D eigenvalue weighted by molar-refractivity contribution is -0.123. The first-order chi connectivity index (χ1) is 11.8. The van der Waals surface area contributed by atoms with Gasteiger partial charge < -0.3 is 5.11 Å². The van der Waals surface area contributed by atoms with E-state index in [1.165, 1.54) is 4.90 Å². The standard InChI is InChI=1S/C17H10Br3NO3S/c18-11-3-1-9(2-4-11)8-21-16(23)14(25-17(21)24)7-10-5-12(19)15(22)13(20)6-10/h1-7,22H,8H2/b14-7-. The van der Waals surface area contributed by atoms with E-state index in [1.54, 1.807) is 18.2 Å². The Kier molecular flexibility index (Phi) is 5.72. The number of hydrogen-bond donors (Lipinski definition) is 1. The van der Waals surface area contributed by atoms with E-state index >= 15 is 0 Å². The zero-order chi connectivity index (χ0) is 18.1. The van der Waals surface area contributed by atoms with Gasteiger partial charge in [-0.2, -0.15) is 0 Å². The number of amides is 2. The second-order valence-corrected chi connectivity index (χ2v) is 8.85. The lowest BCUT2D eigenvalue weighted by atomic mass is 10.2. The van der Waals surface area contributed by atoms with Gasteiger partial charge >= 0.3 is 0 Å². The van der Waals surface area contributed by atoms with Crippen LogP contribution in [0.25, 0.3) is 6.08 Å². The highest BCUT2D eigenvalue weighted by molar-refractivity contribution is 9.11. The average molecular weight is 548 g/mol. The smallest absolute Gasteiger partial charge is 0.293 e. The molecule has 25 heavy (non-hydrogen) atoms. The normalized spacial score (nSPS) is 16.1. The molecule has 1 aliphatic rings. The Morgan fingerprint density at radius 3 is 2.24 bits per heavy atom. The van der Waals surface area contributed by atoms with Crippen LogP contribution in [0.4, 0.5) is 4.79 Å². The molecule has 1 saturated heterocycles. The first kappa shape index (κ1) is 18.7. The summed E-state index contributed by atoms with van der Waals surface area (Å²) in [6.07, 6.45) is 1.64. The highest BCUT2D eigenvalue weighted by Gasteiger charge is 2.35. The molecule has 8 heteroatoms. The van der Waals surface area contributed by atoms with Gasteiger partial charge in [-0.3, -0.25) is 14.5 Å². The van der Waals surface area contributed by atoms with Gasteiger partial charge in [0.25, 0.3) is 11.1 Å². The van der Waals surface area contributed by atoms with E-state index in [0.29, 0.717) is 19.4 Å². The fourth-order valence-electron chi connectivity index (χ4n) is 2.23. The van der Waals surface area contributed by atoms with Crippen molar-refractivity contribution in [1.29, 1.82) is 0 Å². The molecule has 2 aromatic rings. The molecule has 0 atom stereocenters. The minimum atomic E-state index is -0.321. The van der Waals surface area contributed by atoms with Crippen molar-refractivity contribution >= 4 is 76.8 Å². The van der Waals surface area contributed by atoms with Crippen molar-refractivity contribution in [3.8, 4) is 5.75 Å². The lowest BCUT2D eigenvalue weighted by Gasteiger charge is -2.12. The molecule has 0 saturated carbocycles. The van der Waals surface area contributed by atoms with Crippen LogP contribution in [0.5, 0.6) is 5.75 Å². The molecule has 128 valence electrons. The van der Waals surface area contributed by atoms with Crippen LogP contribution in [-0.2, 0) is 11.3 Å². The van der Waals surface area contributed by atoms with Crippen LogP contribution in [0.1, 0.15) is 11.1 Å². The number of carbonyl (C=O) groups excluding carboxylic acids is 2. The number of halogens is 3. The average Bonchev–Trinajstić information content (AvgIpc) is 2.82. The second-order valence-electron chi connectivity index (χ2n) is 5.23. The van der Waals surface area contributed by atoms with Crippen LogP contribution < -0.4 is 0 Å². The summed E-state index contributed by atoms with van der Waals surface area (Å²) >= 11 is 10.8. The monoisotopic (exact) mass is 545 g/mol. The molecule has 1 heterocycles. The number of phenolic OH excluding ortho intramolecular Hbond substituents is 1. The molecule has 0 aliphatic carbocycles. The molecule has 0 radical (unpaired) electrons. The van der Waals surface area contributed by atoms with E-state index in [1.807, 2.05) is 24.3 Å². The summed E-state index contributed by atoms with van der Waals surface area (Å²) in [6, 6.07) is 10.8. The number of imide groups is 1. The number of nitrogens with zero attached hydrogens (tertiary/aromatic N) is 1. The van der Waals surface area contributed by atoms with Gasteiger partial charge in [-0.05, 0) is 85.1 Å². The Morgan fingerprint density at radius 1 is 1.04 bits per heavy atom. The maximum Gasteiger partial charge on any atom is 0.293 e. The van der Waals surface area contributed by atoms with E-state index in [9.17, 15) is 14.7 Å². The van der Waals surface area contributed by atoms with Gasteiger partial charge in [0.15, 0.2) is 0 Å². The molecule has 4 nitrogen and oxygen atoms in total. The van der Waals surface area contributed by atoms with Crippen LogP contribution in [0, 0.1) is 0 Å². The molecule has 0 unspecified atom stereocenters. The van der Waals surface area contributed by atoms with Crippen molar-refractivity contribution in [3.05, 3.63) is 65.8 Å². The first-order valence-corrected chi connectivity index (χ1v) is 10.2. The predicted octanol–water partition coefficient (Wildman–Crippen LogP) is 5.92. The van der Waals surface area contributed by atoms with Crippen LogP contribution in [0.2, 0.25) is 0 Å². The molecule has 0 bridgehead atoms. The molecule has 3 rings (SSSR count). The third-order valence-electron chi connectivity index (χ3n) is 3.46. The summed E-state index contributed by atoms with van der Waals surface area (Å²) < 4.78 is 1.94. The summed E-state index contributed by atoms with van der Waals surface area (Å²) in [5.41, 5.74) is 1.58. The third kappa shape index (κ3) is 4.19. The van der Waals surface area contributed by atoms with Crippen LogP contribution in [0.3, 0.4) is 0 Å². The summed E-state index contributed by atoms with van der Waals surface area (Å²) in [5, 5.41) is 9.46. The second kappa shape index (κ2) is 7.65. The number of carbonyl (C=O) groups is 2. The Morgan fingerprint density at radius 2 is 1.64 bits per heavy atom. The fourth-order valence-corrected chi connectivity index (χ4v) is 4.55. The molecule has 2 amide bonds. The number of benzene rings is 2. The Hall–Kier alpha value is -1.09. The summed E-state index contributed by atoms with van der Waals surface area (Å²) in [5.74, 6) is -0.237. The predicted molar refractivity (Wildman–Crippen MR) is 109 cm³/mol. The summed E-state index contributed by atoms with van der Waals surface area (Å²) in [4.78, 5) is 26.3. The van der Waals surface area contributed by atoms with Crippen molar-refractivity contribution in [1.82, 2.24) is 4.90 Å². The number of hydrogen-bond acceptors (Lipinski definition) is 4. The van der Waals surface area contributed by atoms with Gasteiger partial charge in [-0.1, -0.05) is 28.1 Å². The minimum Gasteiger partial charge on any atom is -0.506 e. The zero-order valence-electron chi connectivity index (χ0n) is 12.5. The van der Waals surface area contributed by atoms with Crippen molar-refractivity contribution in [2.75, 3.05) is 0 Å². The Balaban J connectivity index is 1.84. The zero-order valence-corrected chi connectivity index (χ0v) is 18.1. The summed E-state index contributed by atoms with van der Waals surface area (Å²) in [7, 11) is 0. The number of thioether (sulfide) groups is 1.